The van der Waals surface area contributed by atoms with E-state index in [0.717, 1.165) is 44.9 Å². The molecule has 1 N–H and O–H groups in total. The molecular formula is C23H32INO5. The Kier molecular flexibility index (Phi) is 5.62. The van der Waals surface area contributed by atoms with Gasteiger partial charge >= 0.3 is 11.9 Å². The Hall–Kier alpha value is -0.950. The second-order valence-electron chi connectivity index (χ2n) is 10.6. The molecule has 0 spiro atoms. The monoisotopic (exact) mass is 529 g/mol. The Morgan fingerprint density at radius 3 is 2.47 bits per heavy atom. The number of esters is 1. The number of ether oxygens (including phenoxy) is 1. The van der Waals surface area contributed by atoms with Crippen molar-refractivity contribution in [2.24, 2.45) is 39.5 Å². The van der Waals surface area contributed by atoms with E-state index >= 15 is 0 Å². The average Bonchev–Trinajstić information content (AvgIpc) is 2.90. The van der Waals surface area contributed by atoms with Gasteiger partial charge in [-0.1, -0.05) is 36.4 Å². The number of hydrogen-bond donors (Lipinski definition) is 1. The van der Waals surface area contributed by atoms with Gasteiger partial charge in [0.15, 0.2) is 0 Å². The van der Waals surface area contributed by atoms with Crippen molar-refractivity contribution in [2.45, 2.75) is 87.7 Å². The molecule has 0 saturated heterocycles. The molecule has 0 aromatic carbocycles. The average molecular weight is 529 g/mol. The van der Waals surface area contributed by atoms with E-state index < -0.39 is 22.8 Å². The summed E-state index contributed by atoms with van der Waals surface area (Å²) in [5.74, 6) is -0.337. The van der Waals surface area contributed by atoms with Gasteiger partial charge < -0.3 is 9.84 Å². The molecule has 4 fully saturated rings. The number of halogens is 1. The van der Waals surface area contributed by atoms with Gasteiger partial charge in [-0.2, -0.15) is 4.99 Å². The van der Waals surface area contributed by atoms with Gasteiger partial charge in [-0.15, -0.1) is 0 Å². The second kappa shape index (κ2) is 7.58. The van der Waals surface area contributed by atoms with Gasteiger partial charge in [0.25, 0.3) is 0 Å². The van der Waals surface area contributed by atoms with Gasteiger partial charge in [-0.05, 0) is 74.5 Å². The van der Waals surface area contributed by atoms with Gasteiger partial charge in [0, 0.05) is 16.3 Å². The van der Waals surface area contributed by atoms with E-state index in [2.05, 4.69) is 41.4 Å². The molecule has 0 aliphatic heterocycles. The SMILES string of the molecule is CC(=O)OC1CC[C@@]2(C)C(CC[C@@H]3[C@H]2CC[C@]2(C)C(C(=O)O)CC(I)[C@@]32N=C=O)C1. The summed E-state index contributed by atoms with van der Waals surface area (Å²) < 4.78 is 5.57. The van der Waals surface area contributed by atoms with Crippen LogP contribution in [0, 0.1) is 34.5 Å². The summed E-state index contributed by atoms with van der Waals surface area (Å²) in [4.78, 5) is 39.8. The fourth-order valence-electron chi connectivity index (χ4n) is 8.26. The van der Waals surface area contributed by atoms with Crippen LogP contribution in [0.4, 0.5) is 0 Å². The third-order valence-electron chi connectivity index (χ3n) is 9.65. The summed E-state index contributed by atoms with van der Waals surface area (Å²) in [6.07, 6.45) is 8.97. The van der Waals surface area contributed by atoms with Crippen LogP contribution < -0.4 is 0 Å². The van der Waals surface area contributed by atoms with Crippen molar-refractivity contribution in [1.29, 1.82) is 0 Å². The third-order valence-corrected chi connectivity index (χ3v) is 11.1. The smallest absolute Gasteiger partial charge is 0.307 e. The molecule has 0 heterocycles. The summed E-state index contributed by atoms with van der Waals surface area (Å²) >= 11 is 2.37. The second-order valence-corrected chi connectivity index (χ2v) is 12.1. The highest BCUT2D eigenvalue weighted by Gasteiger charge is 2.72. The highest BCUT2D eigenvalue weighted by Crippen LogP contribution is 2.71. The van der Waals surface area contributed by atoms with Crippen LogP contribution in [-0.2, 0) is 19.1 Å². The fraction of sp³-hybridized carbons (Fsp3) is 0.870. The number of fused-ring (bicyclic) bond motifs is 5. The van der Waals surface area contributed by atoms with Gasteiger partial charge in [-0.25, -0.2) is 4.79 Å². The van der Waals surface area contributed by atoms with Crippen molar-refractivity contribution < 1.29 is 24.2 Å². The number of alkyl halides is 1. The van der Waals surface area contributed by atoms with Crippen molar-refractivity contribution in [1.82, 2.24) is 0 Å². The zero-order valence-corrected chi connectivity index (χ0v) is 20.2. The quantitative estimate of drug-likeness (QED) is 0.191. The molecule has 4 aliphatic rings. The number of nitrogens with zero attached hydrogens (tertiary/aromatic N) is 1. The molecule has 0 bridgehead atoms. The van der Waals surface area contributed by atoms with Crippen LogP contribution >= 0.6 is 22.6 Å². The lowest BCUT2D eigenvalue weighted by atomic mass is 9.42. The molecule has 4 saturated carbocycles. The zero-order chi connectivity index (χ0) is 21.9. The Morgan fingerprint density at radius 1 is 1.10 bits per heavy atom. The van der Waals surface area contributed by atoms with Crippen LogP contribution in [0.5, 0.6) is 0 Å². The standard InChI is InChI=1S/C23H32INO5/c1-13(27)30-15-6-8-21(2)14(10-15)4-5-17-16(21)7-9-22(3)18(20(28)29)11-19(24)23(17,22)25-12-26/h14-19H,4-11H2,1-3H3,(H,28,29)/t14?,15?,16-,17-,18?,19?,21+,22-,23+/m1/s1. The van der Waals surface area contributed by atoms with Gasteiger partial charge in [-0.3, -0.25) is 9.59 Å². The first kappa shape index (κ1) is 22.3. The van der Waals surface area contributed by atoms with Crippen molar-refractivity contribution in [2.75, 3.05) is 0 Å². The first-order chi connectivity index (χ1) is 14.1. The van der Waals surface area contributed by atoms with Crippen LogP contribution in [0.1, 0.15) is 72.1 Å². The zero-order valence-electron chi connectivity index (χ0n) is 18.0. The Balaban J connectivity index is 1.70. The predicted molar refractivity (Wildman–Crippen MR) is 119 cm³/mol. The van der Waals surface area contributed by atoms with E-state index in [1.54, 1.807) is 0 Å². The van der Waals surface area contributed by atoms with Crippen LogP contribution in [-0.4, -0.2) is 38.7 Å². The lowest BCUT2D eigenvalue weighted by molar-refractivity contribution is -0.165. The number of carboxylic acid groups (broad SMARTS) is 1. The first-order valence-electron chi connectivity index (χ1n) is 11.2. The molecule has 4 aliphatic carbocycles. The van der Waals surface area contributed by atoms with Crippen LogP contribution in [0.15, 0.2) is 4.99 Å². The number of aliphatic imine (C=N–C) groups is 1. The Bertz CT molecular complexity index is 796. The van der Waals surface area contributed by atoms with E-state index in [4.69, 9.17) is 4.74 Å². The van der Waals surface area contributed by atoms with E-state index in [9.17, 15) is 19.5 Å². The highest BCUT2D eigenvalue weighted by atomic mass is 127. The molecule has 7 heteroatoms. The summed E-state index contributed by atoms with van der Waals surface area (Å²) in [5.41, 5.74) is -1.05. The third kappa shape index (κ3) is 2.94. The lowest BCUT2D eigenvalue weighted by Gasteiger charge is -2.63. The summed E-state index contributed by atoms with van der Waals surface area (Å²) in [6.45, 7) is 5.92. The maximum absolute atomic E-state index is 12.1. The summed E-state index contributed by atoms with van der Waals surface area (Å²) in [6, 6.07) is 0. The van der Waals surface area contributed by atoms with Crippen molar-refractivity contribution in [3.8, 4) is 0 Å². The number of carbonyl (C=O) groups is 2. The lowest BCUT2D eigenvalue weighted by Crippen LogP contribution is -2.64. The minimum atomic E-state index is -0.762. The molecule has 4 unspecified atom stereocenters. The Morgan fingerprint density at radius 2 is 1.83 bits per heavy atom. The minimum Gasteiger partial charge on any atom is -0.481 e. The minimum absolute atomic E-state index is 0.00753. The first-order valence-corrected chi connectivity index (χ1v) is 12.5. The van der Waals surface area contributed by atoms with Crippen LogP contribution in [0.25, 0.3) is 0 Å². The highest BCUT2D eigenvalue weighted by molar-refractivity contribution is 14.1. The van der Waals surface area contributed by atoms with Gasteiger partial charge in [0.05, 0.1) is 11.5 Å². The van der Waals surface area contributed by atoms with E-state index in [1.807, 2.05) is 6.08 Å². The number of carboxylic acids is 1. The topological polar surface area (TPSA) is 93.0 Å². The Labute approximate surface area is 191 Å². The maximum atomic E-state index is 12.1. The molecule has 9 atom stereocenters. The molecule has 6 nitrogen and oxygen atoms in total. The number of aliphatic carboxylic acids is 1. The molecular weight excluding hydrogens is 497 g/mol. The number of carbonyl (C=O) groups excluding carboxylic acids is 2. The van der Waals surface area contributed by atoms with E-state index in [0.29, 0.717) is 18.3 Å². The van der Waals surface area contributed by atoms with Crippen molar-refractivity contribution >= 4 is 40.6 Å². The number of isocyanates is 1. The van der Waals surface area contributed by atoms with E-state index in [1.165, 1.54) is 6.92 Å². The fourth-order valence-corrected chi connectivity index (χ4v) is 10.1. The predicted octanol–water partition coefficient (Wildman–Crippen LogP) is 4.53. The van der Waals surface area contributed by atoms with Crippen LogP contribution in [0.2, 0.25) is 0 Å². The summed E-state index contributed by atoms with van der Waals surface area (Å²) in [5, 5.41) is 9.97. The summed E-state index contributed by atoms with van der Waals surface area (Å²) in [7, 11) is 0. The normalized spacial score (nSPS) is 49.7. The largest absolute Gasteiger partial charge is 0.481 e. The van der Waals surface area contributed by atoms with Gasteiger partial charge in [0.2, 0.25) is 6.08 Å². The molecule has 166 valence electrons. The maximum Gasteiger partial charge on any atom is 0.307 e. The molecule has 0 radical (unpaired) electrons. The van der Waals surface area contributed by atoms with Gasteiger partial charge in [0.1, 0.15) is 6.10 Å². The molecule has 0 aromatic rings. The van der Waals surface area contributed by atoms with Crippen molar-refractivity contribution in [3.05, 3.63) is 0 Å². The number of rotatable bonds is 3. The van der Waals surface area contributed by atoms with Crippen molar-refractivity contribution in [3.63, 3.8) is 0 Å². The van der Waals surface area contributed by atoms with E-state index in [-0.39, 0.29) is 27.3 Å². The van der Waals surface area contributed by atoms with Crippen LogP contribution in [0.3, 0.4) is 0 Å². The molecule has 0 aromatic heterocycles. The molecule has 4 rings (SSSR count). The molecule has 0 amide bonds. The molecule has 30 heavy (non-hydrogen) atoms. The number of hydrogen-bond acceptors (Lipinski definition) is 5.